The Kier molecular flexibility index (Phi) is 4.15. The molecular formula is C13H23F. The summed E-state index contributed by atoms with van der Waals surface area (Å²) in [7, 11) is 0. The van der Waals surface area contributed by atoms with Gasteiger partial charge in [-0.2, -0.15) is 0 Å². The van der Waals surface area contributed by atoms with Crippen LogP contribution in [-0.4, -0.2) is 6.17 Å². The minimum Gasteiger partial charge on any atom is -0.247 e. The molecule has 0 amide bonds. The van der Waals surface area contributed by atoms with Gasteiger partial charge in [0.25, 0.3) is 0 Å². The molecule has 0 fully saturated rings. The quantitative estimate of drug-likeness (QED) is 0.564. The Balaban J connectivity index is 2.63. The van der Waals surface area contributed by atoms with Crippen molar-refractivity contribution in [1.82, 2.24) is 0 Å². The highest BCUT2D eigenvalue weighted by Crippen LogP contribution is 2.44. The van der Waals surface area contributed by atoms with Gasteiger partial charge in [0.05, 0.1) is 0 Å². The average molecular weight is 198 g/mol. The van der Waals surface area contributed by atoms with E-state index in [9.17, 15) is 4.39 Å². The van der Waals surface area contributed by atoms with E-state index >= 15 is 0 Å². The lowest BCUT2D eigenvalue weighted by Crippen LogP contribution is -2.20. The summed E-state index contributed by atoms with van der Waals surface area (Å²) in [5.41, 5.74) is 1.66. The van der Waals surface area contributed by atoms with Crippen molar-refractivity contribution >= 4 is 0 Å². The van der Waals surface area contributed by atoms with Crippen molar-refractivity contribution in [1.29, 1.82) is 0 Å². The minimum absolute atomic E-state index is 0.203. The second kappa shape index (κ2) is 4.95. The summed E-state index contributed by atoms with van der Waals surface area (Å²) in [6.07, 6.45) is 7.82. The largest absolute Gasteiger partial charge is 0.247 e. The number of rotatable bonds is 5. The average Bonchev–Trinajstić information content (AvgIpc) is 2.48. The van der Waals surface area contributed by atoms with E-state index in [0.29, 0.717) is 6.42 Å². The fourth-order valence-electron chi connectivity index (χ4n) is 2.66. The van der Waals surface area contributed by atoms with E-state index in [2.05, 4.69) is 19.9 Å². The number of hydrogen-bond donors (Lipinski definition) is 0. The first-order valence-electron chi connectivity index (χ1n) is 5.94. The zero-order valence-corrected chi connectivity index (χ0v) is 9.78. The van der Waals surface area contributed by atoms with E-state index in [0.717, 1.165) is 12.8 Å². The Hall–Kier alpha value is -0.330. The topological polar surface area (TPSA) is 0 Å². The molecule has 0 bridgehead atoms. The van der Waals surface area contributed by atoms with Crippen molar-refractivity contribution in [3.8, 4) is 0 Å². The molecule has 0 saturated carbocycles. The molecule has 1 aliphatic rings. The summed E-state index contributed by atoms with van der Waals surface area (Å²) in [5.74, 6) is 0. The lowest BCUT2D eigenvalue weighted by atomic mass is 9.78. The summed E-state index contributed by atoms with van der Waals surface area (Å²) in [6.45, 7) is 6.31. The molecule has 0 aromatic rings. The fraction of sp³-hybridized carbons (Fsp3) is 0.846. The molecule has 0 N–H and O–H groups in total. The van der Waals surface area contributed by atoms with Gasteiger partial charge >= 0.3 is 0 Å². The molecule has 1 aliphatic carbocycles. The molecular weight excluding hydrogens is 175 g/mol. The first kappa shape index (κ1) is 11.7. The number of hydrogen-bond acceptors (Lipinski definition) is 0. The highest BCUT2D eigenvalue weighted by molar-refractivity contribution is 5.15. The molecule has 0 aromatic carbocycles. The van der Waals surface area contributed by atoms with Gasteiger partial charge in [0.2, 0.25) is 0 Å². The second-order valence-electron chi connectivity index (χ2n) is 4.81. The van der Waals surface area contributed by atoms with E-state index in [4.69, 9.17) is 0 Å². The zero-order valence-electron chi connectivity index (χ0n) is 9.78. The minimum atomic E-state index is -0.608. The smallest absolute Gasteiger partial charge is 0.101 e. The van der Waals surface area contributed by atoms with Crippen molar-refractivity contribution in [2.45, 2.75) is 65.5 Å². The molecule has 0 aromatic heterocycles. The normalized spacial score (nSPS) is 29.0. The third-order valence-corrected chi connectivity index (χ3v) is 3.39. The van der Waals surface area contributed by atoms with Gasteiger partial charge in [0.15, 0.2) is 0 Å². The van der Waals surface area contributed by atoms with Crippen molar-refractivity contribution in [2.75, 3.05) is 0 Å². The highest BCUT2D eigenvalue weighted by Gasteiger charge is 2.33. The summed E-state index contributed by atoms with van der Waals surface area (Å²) >= 11 is 0. The Labute approximate surface area is 87.6 Å². The molecule has 0 spiro atoms. The maximum Gasteiger partial charge on any atom is 0.101 e. The monoisotopic (exact) mass is 198 g/mol. The van der Waals surface area contributed by atoms with E-state index in [1.54, 1.807) is 0 Å². The van der Waals surface area contributed by atoms with Crippen LogP contribution in [0.1, 0.15) is 59.3 Å². The molecule has 1 rings (SSSR count). The highest BCUT2D eigenvalue weighted by atomic mass is 19.1. The maximum atomic E-state index is 13.4. The summed E-state index contributed by atoms with van der Waals surface area (Å²) in [6, 6.07) is 0. The van der Waals surface area contributed by atoms with Crippen LogP contribution in [0.3, 0.4) is 0 Å². The van der Waals surface area contributed by atoms with Crippen molar-refractivity contribution < 1.29 is 4.39 Å². The van der Waals surface area contributed by atoms with E-state index in [1.807, 2.05) is 6.92 Å². The maximum absolute atomic E-state index is 13.4. The predicted octanol–water partition coefficient (Wildman–Crippen LogP) is 4.65. The van der Waals surface area contributed by atoms with Crippen LogP contribution in [0, 0.1) is 5.41 Å². The van der Waals surface area contributed by atoms with Crippen LogP contribution in [-0.2, 0) is 0 Å². The van der Waals surface area contributed by atoms with Gasteiger partial charge in [0, 0.05) is 0 Å². The number of allylic oxidation sites excluding steroid dienone is 2. The molecule has 0 saturated heterocycles. The van der Waals surface area contributed by atoms with Crippen LogP contribution in [0.15, 0.2) is 11.6 Å². The molecule has 1 heteroatoms. The van der Waals surface area contributed by atoms with E-state index in [1.165, 1.54) is 24.8 Å². The van der Waals surface area contributed by atoms with Crippen molar-refractivity contribution in [3.05, 3.63) is 11.6 Å². The zero-order chi connectivity index (χ0) is 10.6. The molecule has 0 heterocycles. The predicted molar refractivity (Wildman–Crippen MR) is 60.1 cm³/mol. The van der Waals surface area contributed by atoms with Crippen LogP contribution in [0.4, 0.5) is 4.39 Å². The molecule has 2 atom stereocenters. The van der Waals surface area contributed by atoms with Gasteiger partial charge in [-0.05, 0) is 44.4 Å². The number of alkyl halides is 1. The molecule has 0 unspecified atom stereocenters. The van der Waals surface area contributed by atoms with Gasteiger partial charge in [-0.3, -0.25) is 0 Å². The Bertz CT molecular complexity index is 207. The summed E-state index contributed by atoms with van der Waals surface area (Å²) in [5, 5.41) is 0. The standard InChI is InChI=1S/C13H23F/c1-4-7-13(10-12(14)5-2)8-6-11(3)9-13/h9,12H,4-8,10H2,1-3H3/t12-,13-/m0/s1. The third-order valence-electron chi connectivity index (χ3n) is 3.39. The lowest BCUT2D eigenvalue weighted by molar-refractivity contribution is 0.199. The third kappa shape index (κ3) is 2.83. The van der Waals surface area contributed by atoms with Crippen LogP contribution in [0.5, 0.6) is 0 Å². The first-order chi connectivity index (χ1) is 6.62. The van der Waals surface area contributed by atoms with Gasteiger partial charge in [-0.25, -0.2) is 4.39 Å². The van der Waals surface area contributed by atoms with Gasteiger partial charge in [-0.1, -0.05) is 31.9 Å². The SMILES string of the molecule is CCC[C@@]1(C[C@@H](F)CC)C=C(C)CC1. The van der Waals surface area contributed by atoms with Crippen molar-refractivity contribution in [3.63, 3.8) is 0 Å². The second-order valence-corrected chi connectivity index (χ2v) is 4.81. The molecule has 82 valence electrons. The van der Waals surface area contributed by atoms with Crippen LogP contribution >= 0.6 is 0 Å². The fourth-order valence-corrected chi connectivity index (χ4v) is 2.66. The van der Waals surface area contributed by atoms with E-state index in [-0.39, 0.29) is 5.41 Å². The summed E-state index contributed by atoms with van der Waals surface area (Å²) in [4.78, 5) is 0. The molecule has 14 heavy (non-hydrogen) atoms. The Morgan fingerprint density at radius 2 is 2.21 bits per heavy atom. The molecule has 0 aliphatic heterocycles. The van der Waals surface area contributed by atoms with Gasteiger partial charge in [-0.15, -0.1) is 0 Å². The van der Waals surface area contributed by atoms with E-state index < -0.39 is 6.17 Å². The summed E-state index contributed by atoms with van der Waals surface area (Å²) < 4.78 is 13.4. The van der Waals surface area contributed by atoms with Crippen LogP contribution < -0.4 is 0 Å². The van der Waals surface area contributed by atoms with Crippen molar-refractivity contribution in [2.24, 2.45) is 5.41 Å². The van der Waals surface area contributed by atoms with Crippen LogP contribution in [0.25, 0.3) is 0 Å². The number of halogens is 1. The van der Waals surface area contributed by atoms with Crippen LogP contribution in [0.2, 0.25) is 0 Å². The lowest BCUT2D eigenvalue weighted by Gasteiger charge is -2.28. The van der Waals surface area contributed by atoms with Gasteiger partial charge in [0.1, 0.15) is 6.17 Å². The molecule has 0 radical (unpaired) electrons. The molecule has 0 nitrogen and oxygen atoms in total. The first-order valence-corrected chi connectivity index (χ1v) is 5.94. The van der Waals surface area contributed by atoms with Gasteiger partial charge < -0.3 is 0 Å². The Morgan fingerprint density at radius 3 is 2.64 bits per heavy atom. The Morgan fingerprint density at radius 1 is 1.50 bits per heavy atom.